The zero-order valence-electron chi connectivity index (χ0n) is 18.0. The van der Waals surface area contributed by atoms with Crippen molar-refractivity contribution in [2.45, 2.75) is 24.9 Å². The van der Waals surface area contributed by atoms with E-state index in [9.17, 15) is 14.3 Å². The lowest BCUT2D eigenvalue weighted by molar-refractivity contribution is -0.132. The highest BCUT2D eigenvalue weighted by Crippen LogP contribution is 2.49. The van der Waals surface area contributed by atoms with Crippen LogP contribution in [0.4, 0.5) is 10.1 Å². The molecule has 3 aromatic rings. The summed E-state index contributed by atoms with van der Waals surface area (Å²) in [6.07, 6.45) is 4.59. The zero-order chi connectivity index (χ0) is 22.2. The number of aromatic nitrogens is 1. The van der Waals surface area contributed by atoms with Crippen LogP contribution in [0.5, 0.6) is 0 Å². The van der Waals surface area contributed by atoms with Crippen molar-refractivity contribution in [1.82, 2.24) is 9.88 Å². The van der Waals surface area contributed by atoms with Crippen LogP contribution in [0.25, 0.3) is 11.1 Å². The second-order valence-electron chi connectivity index (χ2n) is 8.66. The van der Waals surface area contributed by atoms with E-state index in [1.54, 1.807) is 24.5 Å². The summed E-state index contributed by atoms with van der Waals surface area (Å²) in [6, 6.07) is 16.3. The van der Waals surface area contributed by atoms with Gasteiger partial charge in [-0.25, -0.2) is 4.39 Å². The summed E-state index contributed by atoms with van der Waals surface area (Å²) >= 11 is 0. The summed E-state index contributed by atoms with van der Waals surface area (Å²) in [6.45, 7) is 0.709. The first-order valence-electron chi connectivity index (χ1n) is 11.0. The Labute approximate surface area is 187 Å². The highest BCUT2D eigenvalue weighted by Gasteiger charge is 2.47. The number of likely N-dealkylation sites (tertiary alicyclic amines) is 1. The first-order valence-corrected chi connectivity index (χ1v) is 11.0. The number of halogens is 1. The highest BCUT2D eigenvalue weighted by atomic mass is 19.1. The summed E-state index contributed by atoms with van der Waals surface area (Å²) in [5, 5.41) is 10.2. The molecule has 0 aliphatic carbocycles. The standard InChI is InChI=1S/C26H26FN3O2/c1-29-23-9-6-19(18-4-7-20(27)8-5-18)14-22(23)26-21(24(29)16-31)10-12-30(26)25(32)13-17-3-2-11-28-15-17/h2-9,11,14-15,21,24,26,31H,10,12-13,16H2,1H3/t21-,24-,26-/m1/s1. The molecule has 6 heteroatoms. The number of pyridine rings is 1. The van der Waals surface area contributed by atoms with Crippen molar-refractivity contribution >= 4 is 11.6 Å². The Hall–Kier alpha value is -3.25. The average molecular weight is 432 g/mol. The highest BCUT2D eigenvalue weighted by molar-refractivity contribution is 5.81. The van der Waals surface area contributed by atoms with Crippen molar-refractivity contribution in [2.75, 3.05) is 25.1 Å². The maximum absolute atomic E-state index is 13.4. The van der Waals surface area contributed by atoms with Crippen molar-refractivity contribution in [1.29, 1.82) is 0 Å². The lowest BCUT2D eigenvalue weighted by atomic mass is 9.81. The summed E-state index contributed by atoms with van der Waals surface area (Å²) in [7, 11) is 2.01. The Kier molecular flexibility index (Phi) is 5.39. The minimum atomic E-state index is -0.264. The van der Waals surface area contributed by atoms with Crippen LogP contribution in [0.15, 0.2) is 67.0 Å². The minimum Gasteiger partial charge on any atom is -0.394 e. The van der Waals surface area contributed by atoms with Gasteiger partial charge in [-0.05, 0) is 59.0 Å². The molecule has 1 saturated heterocycles. The number of aliphatic hydroxyl groups excluding tert-OH is 1. The molecule has 2 aliphatic rings. The number of rotatable bonds is 4. The van der Waals surface area contributed by atoms with Crippen LogP contribution < -0.4 is 4.90 Å². The van der Waals surface area contributed by atoms with Gasteiger partial charge in [0.05, 0.1) is 25.1 Å². The van der Waals surface area contributed by atoms with Crippen molar-refractivity contribution in [3.63, 3.8) is 0 Å². The van der Waals surface area contributed by atoms with E-state index in [1.807, 2.05) is 30.1 Å². The third kappa shape index (κ3) is 3.54. The topological polar surface area (TPSA) is 56.7 Å². The van der Waals surface area contributed by atoms with Crippen molar-refractivity contribution in [3.05, 3.63) is 83.9 Å². The van der Waals surface area contributed by atoms with Gasteiger partial charge in [-0.15, -0.1) is 0 Å². The monoisotopic (exact) mass is 431 g/mol. The molecular formula is C26H26FN3O2. The van der Waals surface area contributed by atoms with Crippen molar-refractivity contribution < 1.29 is 14.3 Å². The van der Waals surface area contributed by atoms with E-state index >= 15 is 0 Å². The third-order valence-electron chi connectivity index (χ3n) is 6.93. The molecule has 1 aromatic heterocycles. The van der Waals surface area contributed by atoms with E-state index in [0.717, 1.165) is 34.4 Å². The Morgan fingerprint density at radius 3 is 2.66 bits per heavy atom. The summed E-state index contributed by atoms with van der Waals surface area (Å²) in [5.41, 5.74) is 4.93. The molecule has 3 heterocycles. The Morgan fingerprint density at radius 1 is 1.16 bits per heavy atom. The first kappa shape index (κ1) is 20.6. The molecule has 32 heavy (non-hydrogen) atoms. The molecule has 5 nitrogen and oxygen atoms in total. The zero-order valence-corrected chi connectivity index (χ0v) is 18.0. The fourth-order valence-electron chi connectivity index (χ4n) is 5.33. The van der Waals surface area contributed by atoms with Gasteiger partial charge in [0.25, 0.3) is 0 Å². The second-order valence-corrected chi connectivity index (χ2v) is 8.66. The molecule has 164 valence electrons. The van der Waals surface area contributed by atoms with Crippen LogP contribution in [0.2, 0.25) is 0 Å². The molecule has 0 radical (unpaired) electrons. The van der Waals surface area contributed by atoms with E-state index < -0.39 is 0 Å². The lowest BCUT2D eigenvalue weighted by Crippen LogP contribution is -2.48. The number of benzene rings is 2. The normalized spacial score (nSPS) is 21.9. The number of likely N-dealkylation sites (N-methyl/N-ethyl adjacent to an activating group) is 1. The second kappa shape index (κ2) is 8.36. The van der Waals surface area contributed by atoms with E-state index in [0.29, 0.717) is 13.0 Å². The summed E-state index contributed by atoms with van der Waals surface area (Å²) in [5.74, 6) is -0.0380. The molecule has 1 amide bonds. The van der Waals surface area contributed by atoms with Gasteiger partial charge in [-0.2, -0.15) is 0 Å². The predicted octanol–water partition coefficient (Wildman–Crippen LogP) is 3.83. The Balaban J connectivity index is 1.54. The lowest BCUT2D eigenvalue weighted by Gasteiger charge is -2.44. The van der Waals surface area contributed by atoms with Crippen LogP contribution in [-0.4, -0.2) is 47.1 Å². The van der Waals surface area contributed by atoms with Gasteiger partial charge in [0.1, 0.15) is 5.82 Å². The van der Waals surface area contributed by atoms with Gasteiger partial charge in [0.15, 0.2) is 0 Å². The molecule has 0 saturated carbocycles. The number of carbonyl (C=O) groups excluding carboxylic acids is 1. The van der Waals surface area contributed by atoms with Crippen molar-refractivity contribution in [2.24, 2.45) is 5.92 Å². The molecule has 0 bridgehead atoms. The number of nitrogens with zero attached hydrogens (tertiary/aromatic N) is 3. The molecule has 0 spiro atoms. The quantitative estimate of drug-likeness (QED) is 0.682. The number of fused-ring (bicyclic) bond motifs is 3. The summed E-state index contributed by atoms with van der Waals surface area (Å²) in [4.78, 5) is 21.6. The fourth-order valence-corrected chi connectivity index (χ4v) is 5.33. The fraction of sp³-hybridized carbons (Fsp3) is 0.308. The first-order chi connectivity index (χ1) is 15.6. The van der Waals surface area contributed by atoms with Crippen molar-refractivity contribution in [3.8, 4) is 11.1 Å². The maximum atomic E-state index is 13.4. The van der Waals surface area contributed by atoms with E-state index in [4.69, 9.17) is 0 Å². The van der Waals surface area contributed by atoms with E-state index in [2.05, 4.69) is 22.0 Å². The van der Waals surface area contributed by atoms with Gasteiger partial charge in [-0.3, -0.25) is 9.78 Å². The SMILES string of the molecule is CN1c2ccc(-c3ccc(F)cc3)cc2[C@H]2[C@H](CCN2C(=O)Cc2cccnc2)[C@H]1CO. The number of aliphatic hydroxyl groups is 1. The summed E-state index contributed by atoms with van der Waals surface area (Å²) < 4.78 is 13.4. The van der Waals surface area contributed by atoms with Crippen LogP contribution >= 0.6 is 0 Å². The number of amides is 1. The molecule has 1 fully saturated rings. The van der Waals surface area contributed by atoms with E-state index in [-0.39, 0.29) is 36.3 Å². The van der Waals surface area contributed by atoms with Gasteiger partial charge in [0.2, 0.25) is 5.91 Å². The van der Waals surface area contributed by atoms with Gasteiger partial charge >= 0.3 is 0 Å². The Morgan fingerprint density at radius 2 is 1.94 bits per heavy atom. The molecule has 2 aromatic carbocycles. The minimum absolute atomic E-state index is 0.0413. The van der Waals surface area contributed by atoms with Crippen LogP contribution in [-0.2, 0) is 11.2 Å². The van der Waals surface area contributed by atoms with Gasteiger partial charge < -0.3 is 14.9 Å². The van der Waals surface area contributed by atoms with Gasteiger partial charge in [0, 0.05) is 37.6 Å². The van der Waals surface area contributed by atoms with Crippen LogP contribution in [0, 0.1) is 11.7 Å². The molecule has 3 atom stereocenters. The smallest absolute Gasteiger partial charge is 0.227 e. The van der Waals surface area contributed by atoms with Gasteiger partial charge in [-0.1, -0.05) is 24.3 Å². The number of carbonyl (C=O) groups is 1. The third-order valence-corrected chi connectivity index (χ3v) is 6.93. The molecule has 1 N–H and O–H groups in total. The molecular weight excluding hydrogens is 405 g/mol. The largest absolute Gasteiger partial charge is 0.394 e. The molecule has 5 rings (SSSR count). The predicted molar refractivity (Wildman–Crippen MR) is 122 cm³/mol. The molecule has 2 aliphatic heterocycles. The van der Waals surface area contributed by atoms with E-state index in [1.165, 1.54) is 12.1 Å². The van der Waals surface area contributed by atoms with Crippen LogP contribution in [0.1, 0.15) is 23.6 Å². The van der Waals surface area contributed by atoms with Crippen LogP contribution in [0.3, 0.4) is 0 Å². The molecule has 0 unspecified atom stereocenters. The average Bonchev–Trinajstić information content (AvgIpc) is 3.26. The maximum Gasteiger partial charge on any atom is 0.227 e. The number of anilines is 1. The number of hydrogen-bond donors (Lipinski definition) is 1. The Bertz CT molecular complexity index is 1120. The number of hydrogen-bond acceptors (Lipinski definition) is 4.